The number of carbonyl (C=O) groups excluding carboxylic acids is 1. The van der Waals surface area contributed by atoms with Crippen LogP contribution >= 0.6 is 11.6 Å². The van der Waals surface area contributed by atoms with E-state index in [4.69, 9.17) is 11.6 Å². The van der Waals surface area contributed by atoms with E-state index in [1.54, 1.807) is 7.05 Å². The standard InChI is InChI=1S/C7H11ClN4O3S/c1-9-5(13)3-11-16(14,15)7-6(8)12(2)4-10-7/h4,11H,3H2,1-2H3,(H,9,13). The Morgan fingerprint density at radius 2 is 2.25 bits per heavy atom. The number of nitrogens with one attached hydrogen (secondary N) is 2. The van der Waals surface area contributed by atoms with Crippen molar-refractivity contribution in [2.75, 3.05) is 13.6 Å². The van der Waals surface area contributed by atoms with Crippen molar-refractivity contribution in [3.63, 3.8) is 0 Å². The van der Waals surface area contributed by atoms with Gasteiger partial charge in [-0.25, -0.2) is 18.1 Å². The van der Waals surface area contributed by atoms with Gasteiger partial charge in [0.25, 0.3) is 10.0 Å². The Bertz CT molecular complexity index is 496. The average molecular weight is 267 g/mol. The van der Waals surface area contributed by atoms with E-state index in [-0.39, 0.29) is 16.7 Å². The van der Waals surface area contributed by atoms with Gasteiger partial charge in [-0.15, -0.1) is 0 Å². The Hall–Kier alpha value is -1.12. The number of aromatic nitrogens is 2. The predicted octanol–water partition coefficient (Wildman–Crippen LogP) is -0.902. The summed E-state index contributed by atoms with van der Waals surface area (Å²) in [7, 11) is -0.880. The summed E-state index contributed by atoms with van der Waals surface area (Å²) in [6.45, 7) is -0.355. The molecule has 0 aromatic carbocycles. The van der Waals surface area contributed by atoms with E-state index in [1.165, 1.54) is 17.9 Å². The molecule has 0 fully saturated rings. The second-order valence-electron chi connectivity index (χ2n) is 2.95. The average Bonchev–Trinajstić information content (AvgIpc) is 2.57. The van der Waals surface area contributed by atoms with Gasteiger partial charge in [0.1, 0.15) is 5.15 Å². The molecule has 90 valence electrons. The fourth-order valence-corrected chi connectivity index (χ4v) is 2.30. The maximum Gasteiger partial charge on any atom is 0.261 e. The first kappa shape index (κ1) is 12.9. The summed E-state index contributed by atoms with van der Waals surface area (Å²) in [5, 5.41) is 1.98. The van der Waals surface area contributed by atoms with Gasteiger partial charge in [-0.1, -0.05) is 11.6 Å². The number of carbonyl (C=O) groups is 1. The van der Waals surface area contributed by atoms with E-state index in [1.807, 2.05) is 0 Å². The first-order valence-electron chi connectivity index (χ1n) is 4.25. The summed E-state index contributed by atoms with van der Waals surface area (Å²) < 4.78 is 26.7. The molecule has 7 nitrogen and oxygen atoms in total. The van der Waals surface area contributed by atoms with Crippen LogP contribution in [0.3, 0.4) is 0 Å². The second kappa shape index (κ2) is 4.81. The van der Waals surface area contributed by atoms with Crippen molar-refractivity contribution in [3.8, 4) is 0 Å². The van der Waals surface area contributed by atoms with Crippen molar-refractivity contribution in [2.24, 2.45) is 7.05 Å². The van der Waals surface area contributed by atoms with Gasteiger partial charge in [0.05, 0.1) is 12.9 Å². The van der Waals surface area contributed by atoms with Gasteiger partial charge in [0.15, 0.2) is 0 Å². The number of nitrogens with zero attached hydrogens (tertiary/aromatic N) is 2. The van der Waals surface area contributed by atoms with Crippen LogP contribution in [0.1, 0.15) is 0 Å². The lowest BCUT2D eigenvalue weighted by molar-refractivity contribution is -0.119. The largest absolute Gasteiger partial charge is 0.358 e. The van der Waals surface area contributed by atoms with Crippen LogP contribution in [0.4, 0.5) is 0 Å². The molecule has 0 saturated carbocycles. The molecule has 0 aliphatic heterocycles. The zero-order valence-electron chi connectivity index (χ0n) is 8.69. The minimum absolute atomic E-state index is 0.00981. The Morgan fingerprint density at radius 1 is 1.62 bits per heavy atom. The highest BCUT2D eigenvalue weighted by molar-refractivity contribution is 7.89. The molecule has 0 radical (unpaired) electrons. The Morgan fingerprint density at radius 3 is 2.69 bits per heavy atom. The smallest absolute Gasteiger partial charge is 0.261 e. The summed E-state index contributed by atoms with van der Waals surface area (Å²) in [4.78, 5) is 14.5. The van der Waals surface area contributed by atoms with Gasteiger partial charge in [-0.3, -0.25) is 4.79 Å². The Kier molecular flexibility index (Phi) is 3.89. The maximum atomic E-state index is 11.6. The number of hydrogen-bond donors (Lipinski definition) is 2. The van der Waals surface area contributed by atoms with Crippen LogP contribution in [0.15, 0.2) is 11.4 Å². The summed E-state index contributed by atoms with van der Waals surface area (Å²) in [5.41, 5.74) is 0. The van der Waals surface area contributed by atoms with Gasteiger partial charge in [0.2, 0.25) is 10.9 Å². The molecule has 1 rings (SSSR count). The number of hydrogen-bond acceptors (Lipinski definition) is 4. The molecule has 0 unspecified atom stereocenters. The third-order valence-corrected chi connectivity index (χ3v) is 3.68. The molecule has 0 spiro atoms. The number of imidazole rings is 1. The van der Waals surface area contributed by atoms with Crippen LogP contribution in [-0.4, -0.2) is 37.5 Å². The predicted molar refractivity (Wildman–Crippen MR) is 57.5 cm³/mol. The number of sulfonamides is 1. The van der Waals surface area contributed by atoms with Gasteiger partial charge >= 0.3 is 0 Å². The fraction of sp³-hybridized carbons (Fsp3) is 0.429. The highest BCUT2D eigenvalue weighted by Crippen LogP contribution is 2.17. The lowest BCUT2D eigenvalue weighted by Crippen LogP contribution is -2.35. The van der Waals surface area contributed by atoms with E-state index >= 15 is 0 Å². The molecule has 0 aliphatic carbocycles. The van der Waals surface area contributed by atoms with E-state index in [9.17, 15) is 13.2 Å². The van der Waals surface area contributed by atoms with E-state index in [2.05, 4.69) is 15.0 Å². The van der Waals surface area contributed by atoms with Gasteiger partial charge in [-0.05, 0) is 0 Å². The highest BCUT2D eigenvalue weighted by Gasteiger charge is 2.22. The molecule has 2 N–H and O–H groups in total. The van der Waals surface area contributed by atoms with Crippen molar-refractivity contribution in [1.29, 1.82) is 0 Å². The lowest BCUT2D eigenvalue weighted by Gasteiger charge is -2.03. The van der Waals surface area contributed by atoms with Crippen LogP contribution in [0.2, 0.25) is 5.15 Å². The van der Waals surface area contributed by atoms with Gasteiger partial charge in [-0.2, -0.15) is 0 Å². The third-order valence-electron chi connectivity index (χ3n) is 1.79. The third kappa shape index (κ3) is 2.71. The summed E-state index contributed by atoms with van der Waals surface area (Å²) in [6, 6.07) is 0. The number of halogens is 1. The molecule has 1 aromatic heterocycles. The van der Waals surface area contributed by atoms with Crippen LogP contribution in [0.25, 0.3) is 0 Å². The number of aryl methyl sites for hydroxylation is 1. The van der Waals surface area contributed by atoms with Crippen molar-refractivity contribution < 1.29 is 13.2 Å². The normalized spacial score (nSPS) is 11.4. The maximum absolute atomic E-state index is 11.6. The van der Waals surface area contributed by atoms with E-state index in [0.29, 0.717) is 0 Å². The second-order valence-corrected chi connectivity index (χ2v) is 4.99. The van der Waals surface area contributed by atoms with Crippen molar-refractivity contribution >= 4 is 27.5 Å². The van der Waals surface area contributed by atoms with Crippen LogP contribution in [-0.2, 0) is 21.9 Å². The molecule has 1 heterocycles. The van der Waals surface area contributed by atoms with Gasteiger partial charge < -0.3 is 9.88 Å². The first-order valence-corrected chi connectivity index (χ1v) is 6.11. The summed E-state index contributed by atoms with van der Waals surface area (Å²) in [5.74, 6) is -0.448. The van der Waals surface area contributed by atoms with Crippen molar-refractivity contribution in [1.82, 2.24) is 19.6 Å². The fourth-order valence-electron chi connectivity index (χ4n) is 0.891. The van der Waals surface area contributed by atoms with Crippen molar-refractivity contribution in [2.45, 2.75) is 5.03 Å². The summed E-state index contributed by atoms with van der Waals surface area (Å²) in [6.07, 6.45) is 1.27. The molecule has 9 heteroatoms. The Balaban J connectivity index is 2.87. The van der Waals surface area contributed by atoms with E-state index < -0.39 is 15.9 Å². The lowest BCUT2D eigenvalue weighted by atomic mass is 10.6. The highest BCUT2D eigenvalue weighted by atomic mass is 35.5. The van der Waals surface area contributed by atoms with E-state index in [0.717, 1.165) is 0 Å². The van der Waals surface area contributed by atoms with Crippen LogP contribution in [0, 0.1) is 0 Å². The quantitative estimate of drug-likeness (QED) is 0.738. The van der Waals surface area contributed by atoms with Crippen LogP contribution < -0.4 is 10.0 Å². The molecule has 0 bridgehead atoms. The number of likely N-dealkylation sites (N-methyl/N-ethyl adjacent to an activating group) is 1. The zero-order valence-corrected chi connectivity index (χ0v) is 10.3. The zero-order chi connectivity index (χ0) is 12.3. The number of amides is 1. The molecule has 1 aromatic rings. The minimum atomic E-state index is -3.85. The number of rotatable bonds is 4. The first-order chi connectivity index (χ1) is 7.38. The molecular weight excluding hydrogens is 256 g/mol. The minimum Gasteiger partial charge on any atom is -0.358 e. The monoisotopic (exact) mass is 266 g/mol. The molecule has 0 aliphatic rings. The SMILES string of the molecule is CNC(=O)CNS(=O)(=O)c1ncn(C)c1Cl. The summed E-state index contributed by atoms with van der Waals surface area (Å²) >= 11 is 5.72. The topological polar surface area (TPSA) is 93.1 Å². The molecule has 1 amide bonds. The molecular formula is C7H11ClN4O3S. The molecule has 0 atom stereocenters. The van der Waals surface area contributed by atoms with Gasteiger partial charge in [0, 0.05) is 14.1 Å². The van der Waals surface area contributed by atoms with Crippen LogP contribution in [0.5, 0.6) is 0 Å². The molecule has 0 saturated heterocycles. The Labute approximate surface area is 97.9 Å². The van der Waals surface area contributed by atoms with Crippen molar-refractivity contribution in [3.05, 3.63) is 11.5 Å². The molecule has 16 heavy (non-hydrogen) atoms.